The second kappa shape index (κ2) is 9.71. The first-order chi connectivity index (χ1) is 15.4. The quantitative estimate of drug-likeness (QED) is 0.726. The number of rotatable bonds is 6. The number of benzene rings is 2. The second-order valence-electron chi connectivity index (χ2n) is 8.73. The van der Waals surface area contributed by atoms with Crippen LogP contribution in [0, 0.1) is 0 Å². The molecule has 0 unspecified atom stereocenters. The number of carbonyl (C=O) groups excluding carboxylic acids is 2. The maximum Gasteiger partial charge on any atom is 0.263 e. The Morgan fingerprint density at radius 1 is 1.22 bits per heavy atom. The molecule has 4 rings (SSSR count). The van der Waals surface area contributed by atoms with Gasteiger partial charge in [0.1, 0.15) is 5.75 Å². The first kappa shape index (κ1) is 22.3. The fourth-order valence-electron chi connectivity index (χ4n) is 4.57. The van der Waals surface area contributed by atoms with Crippen LogP contribution >= 0.6 is 0 Å². The lowest BCUT2D eigenvalue weighted by Crippen LogP contribution is -2.46. The molecule has 1 fully saturated rings. The van der Waals surface area contributed by atoms with Gasteiger partial charge < -0.3 is 20.1 Å². The minimum atomic E-state index is -0.547. The van der Waals surface area contributed by atoms with Gasteiger partial charge in [-0.15, -0.1) is 0 Å². The molecule has 2 aliphatic heterocycles. The molecule has 0 aliphatic carbocycles. The summed E-state index contributed by atoms with van der Waals surface area (Å²) < 4.78 is 6.09. The largest absolute Gasteiger partial charge is 0.480 e. The first-order valence-electron chi connectivity index (χ1n) is 11.2. The van der Waals surface area contributed by atoms with Gasteiger partial charge in [0.15, 0.2) is 6.10 Å². The van der Waals surface area contributed by atoms with E-state index in [0.717, 1.165) is 29.8 Å². The Morgan fingerprint density at radius 3 is 2.69 bits per heavy atom. The zero-order chi connectivity index (χ0) is 22.7. The predicted molar refractivity (Wildman–Crippen MR) is 122 cm³/mol. The van der Waals surface area contributed by atoms with Crippen molar-refractivity contribution in [3.05, 3.63) is 59.7 Å². The van der Waals surface area contributed by atoms with Crippen molar-refractivity contribution in [1.29, 1.82) is 0 Å². The van der Waals surface area contributed by atoms with E-state index < -0.39 is 6.10 Å². The van der Waals surface area contributed by atoms with Gasteiger partial charge in [0.2, 0.25) is 5.91 Å². The van der Waals surface area contributed by atoms with E-state index in [-0.39, 0.29) is 24.0 Å². The zero-order valence-corrected chi connectivity index (χ0v) is 18.7. The number of fused-ring (bicyclic) bond motifs is 1. The monoisotopic (exact) mass is 437 g/mol. The highest BCUT2D eigenvalue weighted by molar-refractivity contribution is 5.89. The fourth-order valence-corrected chi connectivity index (χ4v) is 4.57. The van der Waals surface area contributed by atoms with Gasteiger partial charge >= 0.3 is 0 Å². The van der Waals surface area contributed by atoms with Crippen LogP contribution in [-0.2, 0) is 16.0 Å². The van der Waals surface area contributed by atoms with Crippen LogP contribution in [0.15, 0.2) is 48.5 Å². The molecule has 2 amide bonds. The number of anilines is 1. The third-order valence-electron chi connectivity index (χ3n) is 6.28. The molecule has 0 bridgehead atoms. The maximum atomic E-state index is 13.4. The topological polar surface area (TPSA) is 82.1 Å². The normalized spacial score (nSPS) is 21.3. The van der Waals surface area contributed by atoms with Gasteiger partial charge in [-0.2, -0.15) is 0 Å². The van der Waals surface area contributed by atoms with Gasteiger partial charge in [0.05, 0.1) is 12.1 Å². The summed E-state index contributed by atoms with van der Waals surface area (Å²) >= 11 is 0. The van der Waals surface area contributed by atoms with Gasteiger partial charge in [0, 0.05) is 39.3 Å². The molecular formula is C25H31N3O4. The van der Waals surface area contributed by atoms with E-state index in [0.29, 0.717) is 31.7 Å². The number of aliphatic hydroxyl groups is 1. The summed E-state index contributed by atoms with van der Waals surface area (Å²) in [6.07, 6.45) is 1.22. The minimum Gasteiger partial charge on any atom is -0.480 e. The van der Waals surface area contributed by atoms with Gasteiger partial charge in [-0.25, -0.2) is 0 Å². The van der Waals surface area contributed by atoms with Crippen LogP contribution in [0.2, 0.25) is 0 Å². The van der Waals surface area contributed by atoms with Crippen molar-refractivity contribution in [2.24, 2.45) is 0 Å². The maximum absolute atomic E-state index is 13.4. The lowest BCUT2D eigenvalue weighted by Gasteiger charge is -2.35. The SMILES string of the molecule is CC(=O)Nc1ccc2c(c1)CC[C@H](C(=O)N(C)[C@H](CN1CC[C@H](O)C1)c1ccccc1)O2. The van der Waals surface area contributed by atoms with Crippen LogP contribution in [0.3, 0.4) is 0 Å². The number of hydrogen-bond acceptors (Lipinski definition) is 5. The molecule has 0 spiro atoms. The molecule has 3 atom stereocenters. The van der Waals surface area contributed by atoms with E-state index in [1.165, 1.54) is 6.92 Å². The molecule has 2 N–H and O–H groups in total. The molecular weight excluding hydrogens is 406 g/mol. The molecule has 0 saturated carbocycles. The molecule has 7 nitrogen and oxygen atoms in total. The number of likely N-dealkylation sites (tertiary alicyclic amines) is 1. The highest BCUT2D eigenvalue weighted by atomic mass is 16.5. The Balaban J connectivity index is 1.48. The Morgan fingerprint density at radius 2 is 2.00 bits per heavy atom. The molecule has 2 aromatic carbocycles. The first-order valence-corrected chi connectivity index (χ1v) is 11.2. The van der Waals surface area contributed by atoms with Crippen LogP contribution in [0.25, 0.3) is 0 Å². The van der Waals surface area contributed by atoms with Crippen LogP contribution < -0.4 is 10.1 Å². The summed E-state index contributed by atoms with van der Waals surface area (Å²) in [5, 5.41) is 12.7. The highest BCUT2D eigenvalue weighted by Crippen LogP contribution is 2.32. The Hall–Kier alpha value is -2.90. The van der Waals surface area contributed by atoms with Crippen LogP contribution in [0.5, 0.6) is 5.75 Å². The average Bonchev–Trinajstić information content (AvgIpc) is 3.21. The van der Waals surface area contributed by atoms with Crippen LogP contribution in [-0.4, -0.2) is 65.6 Å². The van der Waals surface area contributed by atoms with E-state index in [1.807, 2.05) is 49.5 Å². The number of nitrogens with zero attached hydrogens (tertiary/aromatic N) is 2. The number of aliphatic hydroxyl groups excluding tert-OH is 1. The van der Waals surface area contributed by atoms with Crippen molar-refractivity contribution >= 4 is 17.5 Å². The Bertz CT molecular complexity index is 965. The predicted octanol–water partition coefficient (Wildman–Crippen LogP) is 2.60. The van der Waals surface area contributed by atoms with Gasteiger partial charge in [-0.05, 0) is 48.6 Å². The summed E-state index contributed by atoms with van der Waals surface area (Å²) in [7, 11) is 1.84. The third-order valence-corrected chi connectivity index (χ3v) is 6.28. The van der Waals surface area contributed by atoms with Crippen molar-refractivity contribution in [1.82, 2.24) is 9.80 Å². The molecule has 1 saturated heterocycles. The molecule has 0 aromatic heterocycles. The van der Waals surface area contributed by atoms with Crippen molar-refractivity contribution in [2.45, 2.75) is 44.4 Å². The van der Waals surface area contributed by atoms with Crippen molar-refractivity contribution < 1.29 is 19.4 Å². The highest BCUT2D eigenvalue weighted by Gasteiger charge is 2.34. The fraction of sp³-hybridized carbons (Fsp3) is 0.440. The van der Waals surface area contributed by atoms with Gasteiger partial charge in [-0.1, -0.05) is 30.3 Å². The summed E-state index contributed by atoms with van der Waals surface area (Å²) in [5.74, 6) is 0.528. The number of amides is 2. The molecule has 0 radical (unpaired) electrons. The van der Waals surface area contributed by atoms with Crippen LogP contribution in [0.1, 0.15) is 36.9 Å². The number of ether oxygens (including phenoxy) is 1. The Kier molecular flexibility index (Phi) is 6.77. The second-order valence-corrected chi connectivity index (χ2v) is 8.73. The number of carbonyl (C=O) groups is 2. The number of β-amino-alcohol motifs (C(OH)–C–C–N with tert-alkyl or cyclic N) is 1. The Labute approximate surface area is 189 Å². The van der Waals surface area contributed by atoms with E-state index in [9.17, 15) is 14.7 Å². The molecule has 2 heterocycles. The standard InChI is InChI=1S/C25H31N3O4/c1-17(29)26-20-9-11-23-19(14-20)8-10-24(32-23)25(31)27(2)22(18-6-4-3-5-7-18)16-28-13-12-21(30)15-28/h3-7,9,11,14,21-22,24,30H,8,10,12-13,15-16H2,1-2H3,(H,26,29)/t21-,22+,24+/m0/s1. The van der Waals surface area contributed by atoms with Crippen LogP contribution in [0.4, 0.5) is 5.69 Å². The molecule has 2 aromatic rings. The molecule has 32 heavy (non-hydrogen) atoms. The van der Waals surface area contributed by atoms with E-state index in [2.05, 4.69) is 10.2 Å². The summed E-state index contributed by atoms with van der Waals surface area (Å²) in [6, 6.07) is 15.4. The van der Waals surface area contributed by atoms with E-state index >= 15 is 0 Å². The summed E-state index contributed by atoms with van der Waals surface area (Å²) in [4.78, 5) is 28.8. The number of nitrogens with one attached hydrogen (secondary N) is 1. The van der Waals surface area contributed by atoms with E-state index in [1.54, 1.807) is 11.0 Å². The number of aryl methyl sites for hydroxylation is 1. The lowest BCUT2D eigenvalue weighted by molar-refractivity contribution is -0.140. The summed E-state index contributed by atoms with van der Waals surface area (Å²) in [5.41, 5.74) is 2.80. The number of hydrogen-bond donors (Lipinski definition) is 2. The zero-order valence-electron chi connectivity index (χ0n) is 18.7. The smallest absolute Gasteiger partial charge is 0.263 e. The number of likely N-dealkylation sites (N-methyl/N-ethyl adjacent to an activating group) is 1. The van der Waals surface area contributed by atoms with Crippen molar-refractivity contribution in [3.63, 3.8) is 0 Å². The third kappa shape index (κ3) is 5.11. The van der Waals surface area contributed by atoms with Crippen molar-refractivity contribution in [3.8, 4) is 5.75 Å². The van der Waals surface area contributed by atoms with Crippen molar-refractivity contribution in [2.75, 3.05) is 32.0 Å². The average molecular weight is 438 g/mol. The van der Waals surface area contributed by atoms with Gasteiger partial charge in [0.25, 0.3) is 5.91 Å². The molecule has 2 aliphatic rings. The lowest BCUT2D eigenvalue weighted by atomic mass is 9.99. The minimum absolute atomic E-state index is 0.0461. The molecule has 170 valence electrons. The summed E-state index contributed by atoms with van der Waals surface area (Å²) in [6.45, 7) is 3.62. The van der Waals surface area contributed by atoms with E-state index in [4.69, 9.17) is 4.74 Å². The molecule has 7 heteroatoms. The van der Waals surface area contributed by atoms with Gasteiger partial charge in [-0.3, -0.25) is 14.5 Å².